The molecule has 170 valence electrons. The van der Waals surface area contributed by atoms with Gasteiger partial charge in [0.15, 0.2) is 11.5 Å². The zero-order valence-corrected chi connectivity index (χ0v) is 19.1. The lowest BCUT2D eigenvalue weighted by molar-refractivity contribution is 0.0947. The number of hydrogen-bond donors (Lipinski definition) is 3. The molecule has 3 aromatic rings. The number of aryl methyl sites for hydroxylation is 1. The number of amides is 1. The summed E-state index contributed by atoms with van der Waals surface area (Å²) in [6.07, 6.45) is 0.575. The number of phenols is 2. The fraction of sp³-hybridized carbons (Fsp3) is 0.360. The topological polar surface area (TPSA) is 98.8 Å². The molecule has 7 nitrogen and oxygen atoms in total. The van der Waals surface area contributed by atoms with Crippen LogP contribution in [0, 0.1) is 0 Å². The Bertz CT molecular complexity index is 1070. The maximum atomic E-state index is 12.7. The molecule has 0 fully saturated rings. The van der Waals surface area contributed by atoms with E-state index in [0.717, 1.165) is 30.8 Å². The third kappa shape index (κ3) is 4.78. The standard InChI is InChI=1S/C25H31N3O4/c1-5-17-13-19(21(30)14-20(17)29)24-22(23(27-32-24)25(31)26-6-2)18-11-9-16(10-12-18)15-28(7-3)8-4/h9-14,29-30H,5-8,15H2,1-4H3,(H,26,31). The minimum atomic E-state index is -0.348. The zero-order valence-electron chi connectivity index (χ0n) is 19.1. The fourth-order valence-corrected chi connectivity index (χ4v) is 3.71. The average Bonchev–Trinajstić information content (AvgIpc) is 3.23. The Hall–Kier alpha value is -3.32. The fourth-order valence-electron chi connectivity index (χ4n) is 3.71. The lowest BCUT2D eigenvalue weighted by Gasteiger charge is -2.18. The van der Waals surface area contributed by atoms with Crippen molar-refractivity contribution in [3.8, 4) is 33.9 Å². The van der Waals surface area contributed by atoms with Gasteiger partial charge in [0.25, 0.3) is 5.91 Å². The van der Waals surface area contributed by atoms with Crippen LogP contribution in [0.4, 0.5) is 0 Å². The highest BCUT2D eigenvalue weighted by molar-refractivity contribution is 6.02. The minimum absolute atomic E-state index is 0.0134. The van der Waals surface area contributed by atoms with E-state index in [9.17, 15) is 15.0 Å². The van der Waals surface area contributed by atoms with Crippen LogP contribution >= 0.6 is 0 Å². The number of nitrogens with zero attached hydrogens (tertiary/aromatic N) is 2. The molecule has 1 heterocycles. The van der Waals surface area contributed by atoms with Crippen LogP contribution in [0.5, 0.6) is 11.5 Å². The van der Waals surface area contributed by atoms with Gasteiger partial charge in [-0.2, -0.15) is 0 Å². The number of hydrogen-bond acceptors (Lipinski definition) is 6. The lowest BCUT2D eigenvalue weighted by Crippen LogP contribution is -2.23. The molecular weight excluding hydrogens is 406 g/mol. The number of aromatic hydroxyl groups is 2. The minimum Gasteiger partial charge on any atom is -0.508 e. The van der Waals surface area contributed by atoms with Crippen LogP contribution in [-0.4, -0.2) is 45.8 Å². The molecule has 0 spiro atoms. The predicted octanol–water partition coefficient (Wildman–Crippen LogP) is 4.57. The number of nitrogens with one attached hydrogen (secondary N) is 1. The second-order valence-corrected chi connectivity index (χ2v) is 7.60. The van der Waals surface area contributed by atoms with Gasteiger partial charge in [-0.25, -0.2) is 0 Å². The first kappa shape index (κ1) is 23.3. The summed E-state index contributed by atoms with van der Waals surface area (Å²) in [7, 11) is 0. The number of rotatable bonds is 9. The van der Waals surface area contributed by atoms with E-state index in [1.165, 1.54) is 6.07 Å². The van der Waals surface area contributed by atoms with Gasteiger partial charge >= 0.3 is 0 Å². The van der Waals surface area contributed by atoms with Gasteiger partial charge in [-0.3, -0.25) is 9.69 Å². The molecule has 1 aromatic heterocycles. The van der Waals surface area contributed by atoms with Gasteiger partial charge in [-0.15, -0.1) is 0 Å². The van der Waals surface area contributed by atoms with Crippen molar-refractivity contribution >= 4 is 5.91 Å². The lowest BCUT2D eigenvalue weighted by atomic mass is 9.96. The van der Waals surface area contributed by atoms with Crippen molar-refractivity contribution in [2.45, 2.75) is 40.7 Å². The zero-order chi connectivity index (χ0) is 23.3. The van der Waals surface area contributed by atoms with Crippen LogP contribution in [-0.2, 0) is 13.0 Å². The van der Waals surface area contributed by atoms with Gasteiger partial charge in [0.2, 0.25) is 0 Å². The summed E-state index contributed by atoms with van der Waals surface area (Å²) in [5.74, 6) is -0.189. The Kier molecular flexibility index (Phi) is 7.53. The van der Waals surface area contributed by atoms with Crippen molar-refractivity contribution in [2.75, 3.05) is 19.6 Å². The van der Waals surface area contributed by atoms with E-state index in [1.807, 2.05) is 38.1 Å². The second kappa shape index (κ2) is 10.3. The molecule has 0 aliphatic rings. The van der Waals surface area contributed by atoms with Crippen molar-refractivity contribution in [3.63, 3.8) is 0 Å². The highest BCUT2D eigenvalue weighted by atomic mass is 16.5. The molecule has 0 aliphatic carbocycles. The Morgan fingerprint density at radius 1 is 1.03 bits per heavy atom. The van der Waals surface area contributed by atoms with Crippen LogP contribution in [0.3, 0.4) is 0 Å². The molecule has 0 unspecified atom stereocenters. The number of benzene rings is 2. The van der Waals surface area contributed by atoms with Crippen molar-refractivity contribution in [3.05, 3.63) is 53.2 Å². The molecule has 0 atom stereocenters. The van der Waals surface area contributed by atoms with Crippen molar-refractivity contribution in [1.29, 1.82) is 0 Å². The van der Waals surface area contributed by atoms with Crippen LogP contribution in [0.15, 0.2) is 40.9 Å². The molecule has 0 radical (unpaired) electrons. The quantitative estimate of drug-likeness (QED) is 0.453. The summed E-state index contributed by atoms with van der Waals surface area (Å²) in [5.41, 5.74) is 3.63. The van der Waals surface area contributed by atoms with Crippen molar-refractivity contribution in [2.24, 2.45) is 0 Å². The second-order valence-electron chi connectivity index (χ2n) is 7.60. The third-order valence-electron chi connectivity index (χ3n) is 5.61. The van der Waals surface area contributed by atoms with E-state index in [4.69, 9.17) is 4.52 Å². The van der Waals surface area contributed by atoms with Gasteiger partial charge in [0, 0.05) is 19.2 Å². The van der Waals surface area contributed by atoms with Crippen LogP contribution < -0.4 is 5.32 Å². The summed E-state index contributed by atoms with van der Waals surface area (Å²) in [6.45, 7) is 11.2. The highest BCUT2D eigenvalue weighted by Gasteiger charge is 2.26. The molecule has 0 saturated carbocycles. The first-order valence-electron chi connectivity index (χ1n) is 11.1. The van der Waals surface area contributed by atoms with Crippen molar-refractivity contribution in [1.82, 2.24) is 15.4 Å². The van der Waals surface area contributed by atoms with Crippen molar-refractivity contribution < 1.29 is 19.5 Å². The molecule has 0 bridgehead atoms. The largest absolute Gasteiger partial charge is 0.508 e. The third-order valence-corrected chi connectivity index (χ3v) is 5.61. The Morgan fingerprint density at radius 2 is 1.72 bits per heavy atom. The van der Waals surface area contributed by atoms with E-state index in [1.54, 1.807) is 6.07 Å². The SMILES string of the molecule is CCNC(=O)c1noc(-c2cc(CC)c(O)cc2O)c1-c1ccc(CN(CC)CC)cc1. The maximum Gasteiger partial charge on any atom is 0.274 e. The van der Waals surface area contributed by atoms with Gasteiger partial charge in [-0.05, 0) is 49.2 Å². The molecule has 1 amide bonds. The van der Waals surface area contributed by atoms with E-state index < -0.39 is 0 Å². The van der Waals surface area contributed by atoms with Gasteiger partial charge < -0.3 is 20.1 Å². The highest BCUT2D eigenvalue weighted by Crippen LogP contribution is 2.41. The Balaban J connectivity index is 2.12. The first-order valence-corrected chi connectivity index (χ1v) is 11.1. The average molecular weight is 438 g/mol. The smallest absolute Gasteiger partial charge is 0.274 e. The van der Waals surface area contributed by atoms with Gasteiger partial charge in [0.05, 0.1) is 11.1 Å². The molecule has 3 rings (SSSR count). The number of carbonyl (C=O) groups is 1. The maximum absolute atomic E-state index is 12.7. The summed E-state index contributed by atoms with van der Waals surface area (Å²) in [5, 5.41) is 27.4. The van der Waals surface area contributed by atoms with Crippen LogP contribution in [0.2, 0.25) is 0 Å². The summed E-state index contributed by atoms with van der Waals surface area (Å²) in [6, 6.07) is 10.9. The molecule has 3 N–H and O–H groups in total. The summed E-state index contributed by atoms with van der Waals surface area (Å²) >= 11 is 0. The molecular formula is C25H31N3O4. The molecule has 7 heteroatoms. The number of phenolic OH excluding ortho intramolecular Hbond substituents is 2. The molecule has 0 saturated heterocycles. The normalized spacial score (nSPS) is 11.2. The van der Waals surface area contributed by atoms with E-state index in [2.05, 4.69) is 29.2 Å². The van der Waals surface area contributed by atoms with E-state index in [-0.39, 0.29) is 28.9 Å². The summed E-state index contributed by atoms with van der Waals surface area (Å²) in [4.78, 5) is 15.0. The van der Waals surface area contributed by atoms with E-state index in [0.29, 0.717) is 29.7 Å². The van der Waals surface area contributed by atoms with Crippen LogP contribution in [0.25, 0.3) is 22.5 Å². The van der Waals surface area contributed by atoms with Gasteiger partial charge in [-0.1, -0.05) is 50.2 Å². The van der Waals surface area contributed by atoms with Crippen LogP contribution in [0.1, 0.15) is 49.3 Å². The molecule has 32 heavy (non-hydrogen) atoms. The Morgan fingerprint density at radius 3 is 2.31 bits per heavy atom. The molecule has 2 aromatic carbocycles. The van der Waals surface area contributed by atoms with Gasteiger partial charge in [0.1, 0.15) is 11.5 Å². The summed E-state index contributed by atoms with van der Waals surface area (Å²) < 4.78 is 5.59. The Labute approximate surface area is 188 Å². The monoisotopic (exact) mass is 437 g/mol. The molecule has 0 aliphatic heterocycles. The predicted molar refractivity (Wildman–Crippen MR) is 125 cm³/mol. The number of carbonyl (C=O) groups excluding carboxylic acids is 1. The van der Waals surface area contributed by atoms with E-state index >= 15 is 0 Å². The first-order chi connectivity index (χ1) is 15.4. The number of aromatic nitrogens is 1.